The fraction of sp³-hybridized carbons (Fsp3) is 0.600. The molecule has 0 radical (unpaired) electrons. The van der Waals surface area contributed by atoms with Gasteiger partial charge in [-0.25, -0.2) is 0 Å². The molecule has 8 heteroatoms. The average Bonchev–Trinajstić information content (AvgIpc) is 3.09. The number of carbonyl (C=O) groups is 2. The quantitative estimate of drug-likeness (QED) is 0.476. The summed E-state index contributed by atoms with van der Waals surface area (Å²) in [5.41, 5.74) is 1.64. The highest BCUT2D eigenvalue weighted by Gasteiger charge is 2.25. The number of likely N-dealkylation sites (tertiary alicyclic amines) is 1. The van der Waals surface area contributed by atoms with Gasteiger partial charge >= 0.3 is 0 Å². The van der Waals surface area contributed by atoms with Crippen LogP contribution in [0.1, 0.15) is 24.3 Å². The van der Waals surface area contributed by atoms with Crippen LogP contribution >= 0.6 is 0 Å². The van der Waals surface area contributed by atoms with Crippen molar-refractivity contribution >= 4 is 17.5 Å². The topological polar surface area (TPSA) is 100 Å². The second-order valence-corrected chi connectivity index (χ2v) is 7.00. The lowest BCUT2D eigenvalue weighted by atomic mass is 9.94. The summed E-state index contributed by atoms with van der Waals surface area (Å²) in [6.07, 6.45) is 0.802. The Morgan fingerprint density at radius 2 is 2.14 bits per heavy atom. The molecule has 156 valence electrons. The van der Waals surface area contributed by atoms with E-state index in [0.29, 0.717) is 38.4 Å². The summed E-state index contributed by atoms with van der Waals surface area (Å²) in [7, 11) is 3.20. The van der Waals surface area contributed by atoms with Gasteiger partial charge in [0.2, 0.25) is 11.8 Å². The van der Waals surface area contributed by atoms with Crippen molar-refractivity contribution in [2.45, 2.75) is 24.9 Å². The number of β-amino-alcohol motifs (C(OH)–C–C–N with tert-alkyl or cyclic N) is 1. The number of benzene rings is 1. The van der Waals surface area contributed by atoms with Crippen molar-refractivity contribution in [3.8, 4) is 0 Å². The van der Waals surface area contributed by atoms with E-state index in [-0.39, 0.29) is 30.4 Å². The zero-order chi connectivity index (χ0) is 20.4. The van der Waals surface area contributed by atoms with Crippen molar-refractivity contribution in [3.05, 3.63) is 29.8 Å². The largest absolute Gasteiger partial charge is 0.392 e. The molecule has 1 aliphatic heterocycles. The number of rotatable bonds is 11. The van der Waals surface area contributed by atoms with E-state index in [9.17, 15) is 14.7 Å². The van der Waals surface area contributed by atoms with Gasteiger partial charge in [0, 0.05) is 51.8 Å². The molecule has 28 heavy (non-hydrogen) atoms. The summed E-state index contributed by atoms with van der Waals surface area (Å²) in [5.74, 6) is -0.301. The summed E-state index contributed by atoms with van der Waals surface area (Å²) >= 11 is 0. The Bertz CT molecular complexity index is 640. The SMILES string of the molecule is CNC(=O)C[C@H](CN1CC[C@H](O)C1)c1cccc(NC(=O)COCCOC)c1. The fourth-order valence-electron chi connectivity index (χ4n) is 3.28. The number of hydrogen-bond donors (Lipinski definition) is 3. The summed E-state index contributed by atoms with van der Waals surface area (Å²) in [5, 5.41) is 15.3. The van der Waals surface area contributed by atoms with Crippen molar-refractivity contribution in [2.75, 3.05) is 58.9 Å². The number of aliphatic hydroxyl groups is 1. The minimum absolute atomic E-state index is 0.0277. The normalized spacial score (nSPS) is 18.0. The van der Waals surface area contributed by atoms with Gasteiger partial charge < -0.3 is 30.1 Å². The van der Waals surface area contributed by atoms with Gasteiger partial charge in [0.25, 0.3) is 0 Å². The van der Waals surface area contributed by atoms with Gasteiger partial charge in [-0.2, -0.15) is 0 Å². The lowest BCUT2D eigenvalue weighted by Crippen LogP contribution is -2.30. The molecule has 0 saturated carbocycles. The van der Waals surface area contributed by atoms with E-state index in [4.69, 9.17) is 9.47 Å². The Hall–Kier alpha value is -2.00. The van der Waals surface area contributed by atoms with Gasteiger partial charge in [-0.1, -0.05) is 12.1 Å². The van der Waals surface area contributed by atoms with Crippen LogP contribution < -0.4 is 10.6 Å². The van der Waals surface area contributed by atoms with Crippen LogP contribution in [0.15, 0.2) is 24.3 Å². The number of hydrogen-bond acceptors (Lipinski definition) is 6. The first-order valence-electron chi connectivity index (χ1n) is 9.59. The molecule has 0 bridgehead atoms. The maximum atomic E-state index is 12.0. The van der Waals surface area contributed by atoms with E-state index in [2.05, 4.69) is 15.5 Å². The molecule has 1 saturated heterocycles. The number of nitrogens with zero attached hydrogens (tertiary/aromatic N) is 1. The van der Waals surface area contributed by atoms with Crippen LogP contribution in [0.5, 0.6) is 0 Å². The van der Waals surface area contributed by atoms with E-state index >= 15 is 0 Å². The molecule has 0 spiro atoms. The first-order valence-corrected chi connectivity index (χ1v) is 9.59. The van der Waals surface area contributed by atoms with E-state index in [1.807, 2.05) is 24.3 Å². The average molecular weight is 393 g/mol. The van der Waals surface area contributed by atoms with Gasteiger partial charge in [-0.3, -0.25) is 9.59 Å². The molecule has 1 aromatic rings. The van der Waals surface area contributed by atoms with Crippen molar-refractivity contribution in [3.63, 3.8) is 0 Å². The standard InChI is InChI=1S/C20H31N3O5/c1-21-19(25)11-16(12-23-7-6-18(24)13-23)15-4-3-5-17(10-15)22-20(26)14-28-9-8-27-2/h3-5,10,16,18,24H,6-9,11-14H2,1-2H3,(H,21,25)(H,22,26)/t16-,18+/m1/s1. The molecule has 2 rings (SSSR count). The Morgan fingerprint density at radius 3 is 2.82 bits per heavy atom. The third-order valence-corrected chi connectivity index (χ3v) is 4.74. The van der Waals surface area contributed by atoms with Crippen LogP contribution in [0, 0.1) is 0 Å². The minimum atomic E-state index is -0.301. The molecular weight excluding hydrogens is 362 g/mol. The number of nitrogens with one attached hydrogen (secondary N) is 2. The lowest BCUT2D eigenvalue weighted by Gasteiger charge is -2.24. The zero-order valence-corrected chi connectivity index (χ0v) is 16.6. The Labute approximate surface area is 166 Å². The lowest BCUT2D eigenvalue weighted by molar-refractivity contribution is -0.121. The second kappa shape index (κ2) is 11.8. The molecular formula is C20H31N3O5. The number of methoxy groups -OCH3 is 1. The van der Waals surface area contributed by atoms with Gasteiger partial charge in [0.15, 0.2) is 0 Å². The second-order valence-electron chi connectivity index (χ2n) is 7.00. The maximum Gasteiger partial charge on any atom is 0.250 e. The zero-order valence-electron chi connectivity index (χ0n) is 16.6. The van der Waals surface area contributed by atoms with Gasteiger partial charge in [-0.05, 0) is 24.1 Å². The number of carbonyl (C=O) groups excluding carboxylic acids is 2. The minimum Gasteiger partial charge on any atom is -0.392 e. The number of anilines is 1. The summed E-state index contributed by atoms with van der Waals surface area (Å²) in [4.78, 5) is 26.2. The van der Waals surface area contributed by atoms with Gasteiger partial charge in [0.05, 0.1) is 19.3 Å². The molecule has 1 heterocycles. The third kappa shape index (κ3) is 7.55. The molecule has 1 fully saturated rings. The number of aliphatic hydroxyl groups excluding tert-OH is 1. The fourth-order valence-corrected chi connectivity index (χ4v) is 3.28. The molecule has 0 unspecified atom stereocenters. The smallest absolute Gasteiger partial charge is 0.250 e. The molecule has 1 aromatic carbocycles. The van der Waals surface area contributed by atoms with Crippen LogP contribution in [-0.4, -0.2) is 81.5 Å². The van der Waals surface area contributed by atoms with Crippen molar-refractivity contribution in [2.24, 2.45) is 0 Å². The monoisotopic (exact) mass is 393 g/mol. The van der Waals surface area contributed by atoms with Crippen molar-refractivity contribution in [1.82, 2.24) is 10.2 Å². The van der Waals surface area contributed by atoms with Crippen molar-refractivity contribution < 1.29 is 24.2 Å². The van der Waals surface area contributed by atoms with E-state index < -0.39 is 0 Å². The molecule has 3 N–H and O–H groups in total. The van der Waals surface area contributed by atoms with Crippen LogP contribution in [0.25, 0.3) is 0 Å². The Balaban J connectivity index is 2.00. The molecule has 0 aromatic heterocycles. The van der Waals surface area contributed by atoms with Crippen LogP contribution in [-0.2, 0) is 19.1 Å². The highest BCUT2D eigenvalue weighted by atomic mass is 16.5. The van der Waals surface area contributed by atoms with Gasteiger partial charge in [0.1, 0.15) is 6.61 Å². The summed E-state index contributed by atoms with van der Waals surface area (Å²) < 4.78 is 10.1. The highest BCUT2D eigenvalue weighted by molar-refractivity contribution is 5.91. The Morgan fingerprint density at radius 1 is 1.32 bits per heavy atom. The van der Waals surface area contributed by atoms with Crippen molar-refractivity contribution in [1.29, 1.82) is 0 Å². The Kier molecular flexibility index (Phi) is 9.36. The van der Waals surface area contributed by atoms with E-state index in [1.54, 1.807) is 14.2 Å². The van der Waals surface area contributed by atoms with Crippen LogP contribution in [0.2, 0.25) is 0 Å². The predicted octanol–water partition coefficient (Wildman–Crippen LogP) is 0.574. The predicted molar refractivity (Wildman–Crippen MR) is 106 cm³/mol. The number of ether oxygens (including phenoxy) is 2. The van der Waals surface area contributed by atoms with E-state index in [0.717, 1.165) is 18.5 Å². The third-order valence-electron chi connectivity index (χ3n) is 4.74. The molecule has 2 atom stereocenters. The molecule has 2 amide bonds. The first-order chi connectivity index (χ1) is 13.5. The first kappa shape index (κ1) is 22.3. The molecule has 1 aliphatic rings. The van der Waals surface area contributed by atoms with E-state index in [1.165, 1.54) is 0 Å². The van der Waals surface area contributed by atoms with Crippen LogP contribution in [0.4, 0.5) is 5.69 Å². The summed E-state index contributed by atoms with van der Waals surface area (Å²) in [6, 6.07) is 7.54. The van der Waals surface area contributed by atoms with Crippen LogP contribution in [0.3, 0.4) is 0 Å². The highest BCUT2D eigenvalue weighted by Crippen LogP contribution is 2.25. The summed E-state index contributed by atoms with van der Waals surface area (Å²) in [6.45, 7) is 2.89. The van der Waals surface area contributed by atoms with Gasteiger partial charge in [-0.15, -0.1) is 0 Å². The maximum absolute atomic E-state index is 12.0. The molecule has 0 aliphatic carbocycles. The number of amides is 2. The molecule has 8 nitrogen and oxygen atoms in total.